The number of halogens is 2. The number of hydrogen-bond acceptors (Lipinski definition) is 7. The van der Waals surface area contributed by atoms with Crippen molar-refractivity contribution in [1.82, 2.24) is 9.71 Å². The highest BCUT2D eigenvalue weighted by Gasteiger charge is 2.31. The van der Waals surface area contributed by atoms with Crippen molar-refractivity contribution in [3.8, 4) is 0 Å². The molecule has 11 heteroatoms. The number of rotatable bonds is 8. The van der Waals surface area contributed by atoms with Crippen LogP contribution in [0.4, 0.5) is 8.78 Å². The zero-order valence-electron chi connectivity index (χ0n) is 16.1. The molecule has 1 amide bonds. The highest BCUT2D eigenvalue weighted by atomic mass is 32.2. The summed E-state index contributed by atoms with van der Waals surface area (Å²) < 4.78 is 58.6. The van der Waals surface area contributed by atoms with E-state index in [9.17, 15) is 31.9 Å². The van der Waals surface area contributed by atoms with Crippen molar-refractivity contribution < 1.29 is 36.6 Å². The van der Waals surface area contributed by atoms with Gasteiger partial charge in [-0.25, -0.2) is 21.9 Å². The van der Waals surface area contributed by atoms with Crippen molar-refractivity contribution in [2.45, 2.75) is 25.7 Å². The number of pyridine rings is 1. The normalized spacial score (nSPS) is 12.5. The van der Waals surface area contributed by atoms with Gasteiger partial charge in [0.05, 0.1) is 23.8 Å². The van der Waals surface area contributed by atoms with Crippen LogP contribution >= 0.6 is 0 Å². The number of aromatic nitrogens is 1. The predicted octanol–water partition coefficient (Wildman–Crippen LogP) is 1.85. The fourth-order valence-corrected chi connectivity index (χ4v) is 3.58. The van der Waals surface area contributed by atoms with Gasteiger partial charge in [-0.15, -0.1) is 0 Å². The number of benzene rings is 1. The molecule has 0 spiro atoms. The van der Waals surface area contributed by atoms with E-state index in [0.29, 0.717) is 11.8 Å². The topological polar surface area (TPSA) is 123 Å². The van der Waals surface area contributed by atoms with Crippen molar-refractivity contribution >= 4 is 21.9 Å². The molecule has 0 aliphatic carbocycles. The van der Waals surface area contributed by atoms with Gasteiger partial charge in [-0.05, 0) is 18.2 Å². The van der Waals surface area contributed by atoms with E-state index in [1.807, 2.05) is 0 Å². The van der Waals surface area contributed by atoms with E-state index in [4.69, 9.17) is 4.74 Å². The third-order valence-corrected chi connectivity index (χ3v) is 5.63. The first-order valence-electron chi connectivity index (χ1n) is 8.78. The van der Waals surface area contributed by atoms with Crippen LogP contribution in [0.1, 0.15) is 40.7 Å². The van der Waals surface area contributed by atoms with Crippen LogP contribution in [0.3, 0.4) is 0 Å². The van der Waals surface area contributed by atoms with Crippen molar-refractivity contribution in [3.63, 3.8) is 0 Å². The van der Waals surface area contributed by atoms with Gasteiger partial charge in [0.15, 0.2) is 0 Å². The number of ether oxygens (including phenoxy) is 1. The average Bonchev–Trinajstić information content (AvgIpc) is 2.68. The van der Waals surface area contributed by atoms with E-state index in [2.05, 4.69) is 4.98 Å². The number of amides is 1. The van der Waals surface area contributed by atoms with E-state index >= 15 is 0 Å². The first-order valence-corrected chi connectivity index (χ1v) is 10.3. The zero-order valence-corrected chi connectivity index (χ0v) is 16.9. The number of nitrogens with zero attached hydrogens (tertiary/aromatic N) is 1. The molecule has 0 aliphatic heterocycles. The lowest BCUT2D eigenvalue weighted by atomic mass is 10.1. The lowest BCUT2D eigenvalue weighted by molar-refractivity contribution is -0.148. The number of aliphatic hydroxyl groups excluding tert-OH is 1. The smallest absolute Gasteiger partial charge is 0.308 e. The molecule has 1 atom stereocenters. The van der Waals surface area contributed by atoms with Crippen LogP contribution < -0.4 is 4.72 Å². The monoisotopic (exact) mass is 442 g/mol. The third-order valence-electron chi connectivity index (χ3n) is 4.01. The molecule has 8 nitrogen and oxygen atoms in total. The molecule has 30 heavy (non-hydrogen) atoms. The van der Waals surface area contributed by atoms with Gasteiger partial charge in [-0.2, -0.15) is 0 Å². The van der Waals surface area contributed by atoms with Gasteiger partial charge in [-0.3, -0.25) is 14.6 Å². The summed E-state index contributed by atoms with van der Waals surface area (Å²) in [6.45, 7) is 2.18. The summed E-state index contributed by atoms with van der Waals surface area (Å²) in [4.78, 5) is 27.6. The highest BCUT2D eigenvalue weighted by Crippen LogP contribution is 2.24. The standard InChI is InChI=1S/C19H20F2N2O6S/c1-11(2)19(26)29-10-14-5-3-12(8-22-14)18(25)23-30(27,28)17(9-24)15-6-4-13(20)7-16(15)21/h3-8,11,17,24H,9-10H2,1-2H3,(H,23,25). The Hall–Kier alpha value is -2.92. The summed E-state index contributed by atoms with van der Waals surface area (Å²) in [5.41, 5.74) is -0.279. The van der Waals surface area contributed by atoms with Gasteiger partial charge >= 0.3 is 5.97 Å². The molecule has 2 N–H and O–H groups in total. The Bertz CT molecular complexity index is 1030. The average molecular weight is 442 g/mol. The Labute approximate surface area is 172 Å². The summed E-state index contributed by atoms with van der Waals surface area (Å²) in [6.07, 6.45) is 1.08. The molecular weight excluding hydrogens is 422 g/mol. The van der Waals surface area contributed by atoms with Crippen molar-refractivity contribution in [2.75, 3.05) is 6.61 Å². The second-order valence-electron chi connectivity index (χ2n) is 6.61. The molecule has 1 unspecified atom stereocenters. The number of carbonyl (C=O) groups is 2. The molecule has 0 fully saturated rings. The van der Waals surface area contributed by atoms with Crippen LogP contribution in [0.15, 0.2) is 36.5 Å². The SMILES string of the molecule is CC(C)C(=O)OCc1ccc(C(=O)NS(=O)(=O)C(CO)c2ccc(F)cc2F)cn1. The maximum absolute atomic E-state index is 13.9. The van der Waals surface area contributed by atoms with Crippen LogP contribution in [0.2, 0.25) is 0 Å². The van der Waals surface area contributed by atoms with E-state index in [1.54, 1.807) is 18.6 Å². The zero-order chi connectivity index (χ0) is 22.5. The van der Waals surface area contributed by atoms with Gasteiger partial charge in [0.2, 0.25) is 10.0 Å². The molecule has 162 valence electrons. The Morgan fingerprint density at radius 2 is 1.90 bits per heavy atom. The van der Waals surface area contributed by atoms with Gasteiger partial charge in [-0.1, -0.05) is 19.9 Å². The predicted molar refractivity (Wildman–Crippen MR) is 101 cm³/mol. The maximum Gasteiger partial charge on any atom is 0.308 e. The van der Waals surface area contributed by atoms with E-state index in [1.165, 1.54) is 12.1 Å². The van der Waals surface area contributed by atoms with E-state index < -0.39 is 51.0 Å². The first kappa shape index (κ1) is 23.4. The molecule has 2 rings (SSSR count). The number of hydrogen-bond donors (Lipinski definition) is 2. The second-order valence-corrected chi connectivity index (χ2v) is 8.48. The number of sulfonamides is 1. The number of nitrogens with one attached hydrogen (secondary N) is 1. The van der Waals surface area contributed by atoms with Crippen molar-refractivity contribution in [1.29, 1.82) is 0 Å². The minimum absolute atomic E-state index is 0.117. The lowest BCUT2D eigenvalue weighted by Gasteiger charge is -2.17. The summed E-state index contributed by atoms with van der Waals surface area (Å²) in [7, 11) is -4.56. The lowest BCUT2D eigenvalue weighted by Crippen LogP contribution is -2.36. The second kappa shape index (κ2) is 9.72. The minimum Gasteiger partial charge on any atom is -0.459 e. The maximum atomic E-state index is 13.9. The van der Waals surface area contributed by atoms with Gasteiger partial charge < -0.3 is 9.84 Å². The Morgan fingerprint density at radius 1 is 1.20 bits per heavy atom. The number of aliphatic hydroxyl groups is 1. The molecule has 0 saturated heterocycles. The largest absolute Gasteiger partial charge is 0.459 e. The van der Waals surface area contributed by atoms with Crippen LogP contribution in [0, 0.1) is 17.6 Å². The van der Waals surface area contributed by atoms with E-state index in [-0.39, 0.29) is 18.1 Å². The summed E-state index contributed by atoms with van der Waals surface area (Å²) in [5.74, 6) is -3.89. The molecule has 1 aromatic carbocycles. The molecular formula is C19H20F2N2O6S. The van der Waals surface area contributed by atoms with Crippen LogP contribution in [0.5, 0.6) is 0 Å². The number of esters is 1. The Morgan fingerprint density at radius 3 is 2.43 bits per heavy atom. The van der Waals surface area contributed by atoms with Crippen LogP contribution in [-0.2, 0) is 26.2 Å². The summed E-state index contributed by atoms with van der Waals surface area (Å²) in [5, 5.41) is 7.60. The minimum atomic E-state index is -4.56. The first-order chi connectivity index (χ1) is 14.0. The molecule has 0 aliphatic rings. The van der Waals surface area contributed by atoms with Crippen molar-refractivity contribution in [3.05, 3.63) is 65.0 Å². The molecule has 0 saturated carbocycles. The Kier molecular flexibility index (Phi) is 7.57. The van der Waals surface area contributed by atoms with E-state index in [0.717, 1.165) is 18.3 Å². The third kappa shape index (κ3) is 5.80. The highest BCUT2D eigenvalue weighted by molar-refractivity contribution is 7.90. The van der Waals surface area contributed by atoms with Crippen molar-refractivity contribution in [2.24, 2.45) is 5.92 Å². The van der Waals surface area contributed by atoms with Crippen LogP contribution in [-0.4, -0.2) is 37.0 Å². The summed E-state index contributed by atoms with van der Waals surface area (Å²) in [6, 6.07) is 4.84. The molecule has 1 heterocycles. The van der Waals surface area contributed by atoms with Gasteiger partial charge in [0, 0.05) is 17.8 Å². The van der Waals surface area contributed by atoms with Gasteiger partial charge in [0.25, 0.3) is 5.91 Å². The molecule has 1 aromatic heterocycles. The molecule has 0 radical (unpaired) electrons. The molecule has 0 bridgehead atoms. The quantitative estimate of drug-likeness (QED) is 0.598. The molecule has 2 aromatic rings. The summed E-state index contributed by atoms with van der Waals surface area (Å²) >= 11 is 0. The Balaban J connectivity index is 2.12. The fourth-order valence-electron chi connectivity index (χ4n) is 2.34. The fraction of sp³-hybridized carbons (Fsp3) is 0.316. The van der Waals surface area contributed by atoms with Gasteiger partial charge in [0.1, 0.15) is 23.5 Å². The number of carbonyl (C=O) groups excluding carboxylic acids is 2. The van der Waals surface area contributed by atoms with Crippen LogP contribution in [0.25, 0.3) is 0 Å².